The predicted molar refractivity (Wildman–Crippen MR) is 47.5 cm³/mol. The molecule has 67 valence electrons. The van der Waals surface area contributed by atoms with Crippen LogP contribution in [-0.2, 0) is 17.0 Å². The van der Waals surface area contributed by atoms with E-state index in [2.05, 4.69) is 28.8 Å². The van der Waals surface area contributed by atoms with Gasteiger partial charge in [-0.05, 0) is 0 Å². The van der Waals surface area contributed by atoms with Crippen LogP contribution in [0, 0.1) is 11.8 Å². The molecule has 0 aliphatic heterocycles. The molecule has 1 unspecified atom stereocenters. The molecule has 0 heterocycles. The van der Waals surface area contributed by atoms with Crippen LogP contribution in [0.1, 0.15) is 40.0 Å². The summed E-state index contributed by atoms with van der Waals surface area (Å²) in [5, 5.41) is 0. The molecule has 0 bridgehead atoms. The third-order valence-corrected chi connectivity index (χ3v) is 2.28. The second-order valence-corrected chi connectivity index (χ2v) is 3.84. The molecule has 0 aromatic carbocycles. The zero-order valence-corrected chi connectivity index (χ0v) is 9.34. The van der Waals surface area contributed by atoms with Gasteiger partial charge in [-0.3, -0.25) is 0 Å². The summed E-state index contributed by atoms with van der Waals surface area (Å²) in [5.74, 6) is 5.53. The molecular weight excluding hydrogens is 190 g/mol. The summed E-state index contributed by atoms with van der Waals surface area (Å²) in [7, 11) is 0. The van der Waals surface area contributed by atoms with Gasteiger partial charge in [-0.2, -0.15) is 0 Å². The molecule has 0 saturated carbocycles. The average molecular weight is 205 g/mol. The number of hydrogen-bond donors (Lipinski definition) is 0. The Morgan fingerprint density at radius 3 is 2.42 bits per heavy atom. The van der Waals surface area contributed by atoms with Gasteiger partial charge in [-0.1, -0.05) is 0 Å². The molecule has 0 rings (SSSR count). The van der Waals surface area contributed by atoms with Gasteiger partial charge in [0.05, 0.1) is 0 Å². The Kier molecular flexibility index (Phi) is 5.54. The van der Waals surface area contributed by atoms with Crippen LogP contribution in [0.3, 0.4) is 0 Å². The zero-order valence-electron chi connectivity index (χ0n) is 7.95. The van der Waals surface area contributed by atoms with Gasteiger partial charge in [0.15, 0.2) is 0 Å². The molecule has 0 aliphatic rings. The fourth-order valence-corrected chi connectivity index (χ4v) is 1.10. The van der Waals surface area contributed by atoms with Gasteiger partial charge in [-0.15, -0.1) is 0 Å². The van der Waals surface area contributed by atoms with E-state index in [1.54, 1.807) is 6.92 Å². The fraction of sp³-hybridized carbons (Fsp3) is 0.700. The van der Waals surface area contributed by atoms with Crippen LogP contribution in [0.25, 0.3) is 0 Å². The molecule has 0 aromatic rings. The number of alkyl halides is 1. The van der Waals surface area contributed by atoms with Crippen LogP contribution in [0.5, 0.6) is 0 Å². The summed E-state index contributed by atoms with van der Waals surface area (Å²) < 4.78 is 14.4. The van der Waals surface area contributed by atoms with Crippen molar-refractivity contribution in [2.75, 3.05) is 0 Å². The van der Waals surface area contributed by atoms with Crippen molar-refractivity contribution in [3.63, 3.8) is 0 Å². The SMILES string of the molecule is CCCC#CC(F)(CC)[C](C)=[V]. The molecule has 0 aromatic heterocycles. The van der Waals surface area contributed by atoms with Gasteiger partial charge in [-0.25, -0.2) is 0 Å². The van der Waals surface area contributed by atoms with E-state index in [1.165, 1.54) is 0 Å². The van der Waals surface area contributed by atoms with E-state index in [1.807, 2.05) is 13.8 Å². The number of rotatable bonds is 3. The third-order valence-electron chi connectivity index (χ3n) is 1.72. The van der Waals surface area contributed by atoms with Crippen LogP contribution in [0.2, 0.25) is 0 Å². The molecule has 2 heteroatoms. The molecule has 0 radical (unpaired) electrons. The van der Waals surface area contributed by atoms with E-state index in [4.69, 9.17) is 0 Å². The molecule has 1 atom stereocenters. The van der Waals surface area contributed by atoms with Crippen LogP contribution in [-0.4, -0.2) is 9.90 Å². The third kappa shape index (κ3) is 3.56. The predicted octanol–water partition coefficient (Wildman–Crippen LogP) is 2.65. The van der Waals surface area contributed by atoms with Crippen molar-refractivity contribution in [3.05, 3.63) is 0 Å². The summed E-state index contributed by atoms with van der Waals surface area (Å²) in [6, 6.07) is 0. The Labute approximate surface area is 83.4 Å². The van der Waals surface area contributed by atoms with Crippen molar-refractivity contribution < 1.29 is 21.4 Å². The molecule has 0 saturated heterocycles. The Morgan fingerprint density at radius 1 is 1.50 bits per heavy atom. The van der Waals surface area contributed by atoms with Crippen LogP contribution < -0.4 is 0 Å². The first kappa shape index (κ1) is 11.9. The Hall–Kier alpha value is -0.0556. The Balaban J connectivity index is 4.36. The van der Waals surface area contributed by atoms with Crippen molar-refractivity contribution in [1.82, 2.24) is 0 Å². The monoisotopic (exact) mass is 205 g/mol. The van der Waals surface area contributed by atoms with Crippen LogP contribution in [0.4, 0.5) is 4.39 Å². The van der Waals surface area contributed by atoms with Gasteiger partial charge in [0.2, 0.25) is 0 Å². The second kappa shape index (κ2) is 5.57. The standard InChI is InChI=1S/C10H15F.V/c1-4-7-8-9-10(11,5-2)6-3;/h4-5,7H2,1-3H3;. The normalized spacial score (nSPS) is 14.2. The average Bonchev–Trinajstić information content (AvgIpc) is 2.04. The molecule has 0 nitrogen and oxygen atoms in total. The first-order valence-electron chi connectivity index (χ1n) is 4.28. The van der Waals surface area contributed by atoms with E-state index in [9.17, 15) is 4.39 Å². The number of halogens is 1. The Morgan fingerprint density at radius 2 is 2.08 bits per heavy atom. The first-order valence-corrected chi connectivity index (χ1v) is 4.98. The summed E-state index contributed by atoms with van der Waals surface area (Å²) in [4.78, 5) is 0. The maximum absolute atomic E-state index is 13.7. The second-order valence-electron chi connectivity index (χ2n) is 2.79. The Bertz CT molecular complexity index is 212. The van der Waals surface area contributed by atoms with E-state index in [-0.39, 0.29) is 0 Å². The minimum atomic E-state index is -1.38. The molecular formula is C10H15FV. The fourth-order valence-electron chi connectivity index (χ4n) is 0.762. The van der Waals surface area contributed by atoms with Gasteiger partial charge in [0.1, 0.15) is 0 Å². The maximum atomic E-state index is 13.7. The van der Waals surface area contributed by atoms with E-state index in [0.29, 0.717) is 10.6 Å². The van der Waals surface area contributed by atoms with Crippen molar-refractivity contribution in [3.8, 4) is 11.8 Å². The molecule has 0 amide bonds. The molecule has 0 aliphatic carbocycles. The topological polar surface area (TPSA) is 0 Å². The van der Waals surface area contributed by atoms with Crippen molar-refractivity contribution >= 4 is 4.23 Å². The summed E-state index contributed by atoms with van der Waals surface area (Å²) >= 11 is 2.25. The molecule has 0 fully saturated rings. The van der Waals surface area contributed by atoms with Crippen LogP contribution >= 0.6 is 0 Å². The number of unbranched alkanes of at least 4 members (excludes halogenated alkanes) is 1. The first-order chi connectivity index (χ1) is 5.56. The zero-order chi connectivity index (χ0) is 9.61. The van der Waals surface area contributed by atoms with Gasteiger partial charge >= 0.3 is 83.1 Å². The quantitative estimate of drug-likeness (QED) is 0.621. The van der Waals surface area contributed by atoms with Crippen molar-refractivity contribution in [2.24, 2.45) is 0 Å². The van der Waals surface area contributed by atoms with Gasteiger partial charge in [0, 0.05) is 0 Å². The van der Waals surface area contributed by atoms with E-state index >= 15 is 0 Å². The van der Waals surface area contributed by atoms with Crippen LogP contribution in [0.15, 0.2) is 0 Å². The molecule has 0 N–H and O–H groups in total. The van der Waals surface area contributed by atoms with E-state index < -0.39 is 5.67 Å². The minimum absolute atomic E-state index is 0.435. The molecule has 12 heavy (non-hydrogen) atoms. The summed E-state index contributed by atoms with van der Waals surface area (Å²) in [5.41, 5.74) is -1.38. The summed E-state index contributed by atoms with van der Waals surface area (Å²) in [6.07, 6.45) is 2.21. The van der Waals surface area contributed by atoms with Crippen molar-refractivity contribution in [1.29, 1.82) is 0 Å². The van der Waals surface area contributed by atoms with Gasteiger partial charge < -0.3 is 0 Å². The van der Waals surface area contributed by atoms with Gasteiger partial charge in [0.25, 0.3) is 0 Å². The summed E-state index contributed by atoms with van der Waals surface area (Å²) in [6.45, 7) is 5.63. The van der Waals surface area contributed by atoms with E-state index in [0.717, 1.165) is 12.8 Å². The molecule has 0 spiro atoms. The number of hydrogen-bond acceptors (Lipinski definition) is 0. The van der Waals surface area contributed by atoms with Crippen molar-refractivity contribution in [2.45, 2.75) is 45.7 Å².